The Morgan fingerprint density at radius 3 is 2.43 bits per heavy atom. The monoisotopic (exact) mass is 383 g/mol. The fourth-order valence-electron chi connectivity index (χ4n) is 3.20. The smallest absolute Gasteiger partial charge is 0.271 e. The lowest BCUT2D eigenvalue weighted by atomic mass is 9.95. The van der Waals surface area contributed by atoms with Gasteiger partial charge in [0.2, 0.25) is 5.91 Å². The van der Waals surface area contributed by atoms with E-state index in [0.29, 0.717) is 42.9 Å². The summed E-state index contributed by atoms with van der Waals surface area (Å²) in [6, 6.07) is 12.8. The maximum absolute atomic E-state index is 12.6. The Morgan fingerprint density at radius 1 is 1.14 bits per heavy atom. The second-order valence-corrected chi connectivity index (χ2v) is 6.59. The van der Waals surface area contributed by atoms with E-state index in [4.69, 9.17) is 4.74 Å². The van der Waals surface area contributed by atoms with E-state index in [9.17, 15) is 19.7 Å². The van der Waals surface area contributed by atoms with Crippen LogP contribution in [0.3, 0.4) is 0 Å². The average molecular weight is 383 g/mol. The second-order valence-electron chi connectivity index (χ2n) is 6.59. The second kappa shape index (κ2) is 8.51. The number of methoxy groups -OCH3 is 1. The highest BCUT2D eigenvalue weighted by atomic mass is 16.6. The van der Waals surface area contributed by atoms with Gasteiger partial charge < -0.3 is 15.0 Å². The van der Waals surface area contributed by atoms with Gasteiger partial charge in [0.1, 0.15) is 5.75 Å². The van der Waals surface area contributed by atoms with Crippen LogP contribution in [0.4, 0.5) is 11.4 Å². The first kappa shape index (κ1) is 19.3. The minimum absolute atomic E-state index is 0.0693. The number of piperidine rings is 1. The van der Waals surface area contributed by atoms with Crippen LogP contribution in [-0.2, 0) is 4.79 Å². The zero-order valence-corrected chi connectivity index (χ0v) is 15.5. The summed E-state index contributed by atoms with van der Waals surface area (Å²) in [5.41, 5.74) is 0.911. The lowest BCUT2D eigenvalue weighted by Gasteiger charge is -2.31. The van der Waals surface area contributed by atoms with Gasteiger partial charge in [-0.05, 0) is 43.2 Å². The number of anilines is 1. The summed E-state index contributed by atoms with van der Waals surface area (Å²) < 4.78 is 5.10. The van der Waals surface area contributed by atoms with Gasteiger partial charge in [-0.25, -0.2) is 0 Å². The van der Waals surface area contributed by atoms with Crippen LogP contribution in [0.15, 0.2) is 48.5 Å². The van der Waals surface area contributed by atoms with E-state index in [-0.39, 0.29) is 23.4 Å². The number of nitrogens with zero attached hydrogens (tertiary/aromatic N) is 2. The van der Waals surface area contributed by atoms with Gasteiger partial charge in [-0.1, -0.05) is 6.07 Å². The molecule has 2 amide bonds. The third kappa shape index (κ3) is 4.46. The first-order valence-electron chi connectivity index (χ1n) is 8.96. The Kier molecular flexibility index (Phi) is 5.88. The molecular weight excluding hydrogens is 362 g/mol. The highest BCUT2D eigenvalue weighted by Gasteiger charge is 2.28. The van der Waals surface area contributed by atoms with Crippen molar-refractivity contribution in [2.45, 2.75) is 12.8 Å². The maximum atomic E-state index is 12.6. The molecule has 0 unspecified atom stereocenters. The molecule has 0 radical (unpaired) electrons. The standard InChI is InChI=1S/C20H21N3O5/c1-28-18-7-5-15(6-8-18)20(25)22-11-9-14(10-12-22)19(24)21-16-3-2-4-17(13-16)23(26)27/h2-8,13-14H,9-12H2,1H3,(H,21,24). The van der Waals surface area contributed by atoms with Crippen LogP contribution in [0.2, 0.25) is 0 Å². The van der Waals surface area contributed by atoms with Crippen LogP contribution < -0.4 is 10.1 Å². The number of non-ortho nitro benzene ring substituents is 1. The predicted molar refractivity (Wildman–Crippen MR) is 103 cm³/mol. The molecule has 0 spiro atoms. The summed E-state index contributed by atoms with van der Waals surface area (Å²) in [5.74, 6) is 0.199. The molecule has 0 bridgehead atoms. The molecule has 0 aromatic heterocycles. The van der Waals surface area contributed by atoms with E-state index >= 15 is 0 Å². The van der Waals surface area contributed by atoms with Crippen molar-refractivity contribution in [3.8, 4) is 5.75 Å². The molecule has 1 aliphatic heterocycles. The van der Waals surface area contributed by atoms with Gasteiger partial charge in [0.05, 0.1) is 12.0 Å². The number of rotatable bonds is 5. The molecule has 1 saturated heterocycles. The topological polar surface area (TPSA) is 102 Å². The molecule has 2 aromatic carbocycles. The van der Waals surface area contributed by atoms with Crippen LogP contribution in [0, 0.1) is 16.0 Å². The number of nitro benzene ring substituents is 1. The number of amides is 2. The minimum Gasteiger partial charge on any atom is -0.497 e. The molecule has 1 heterocycles. The minimum atomic E-state index is -0.501. The fraction of sp³-hybridized carbons (Fsp3) is 0.300. The van der Waals surface area contributed by atoms with Crippen molar-refractivity contribution in [2.75, 3.05) is 25.5 Å². The van der Waals surface area contributed by atoms with Crippen LogP contribution in [0.1, 0.15) is 23.2 Å². The van der Waals surface area contributed by atoms with Gasteiger partial charge in [-0.15, -0.1) is 0 Å². The summed E-state index contributed by atoms with van der Waals surface area (Å²) in [5, 5.41) is 13.6. The number of nitro groups is 1. The summed E-state index contributed by atoms with van der Waals surface area (Å²) in [6.07, 6.45) is 1.09. The van der Waals surface area contributed by atoms with Crippen molar-refractivity contribution in [3.63, 3.8) is 0 Å². The molecule has 8 heteroatoms. The molecule has 2 aromatic rings. The Bertz CT molecular complexity index is 874. The van der Waals surface area contributed by atoms with E-state index in [2.05, 4.69) is 5.32 Å². The number of nitrogens with one attached hydrogen (secondary N) is 1. The van der Waals surface area contributed by atoms with Gasteiger partial charge in [-0.2, -0.15) is 0 Å². The molecule has 28 heavy (non-hydrogen) atoms. The summed E-state index contributed by atoms with van der Waals surface area (Å²) in [4.78, 5) is 37.1. The van der Waals surface area contributed by atoms with Gasteiger partial charge in [0, 0.05) is 42.4 Å². The van der Waals surface area contributed by atoms with Gasteiger partial charge in [0.15, 0.2) is 0 Å². The number of carbonyl (C=O) groups is 2. The molecule has 1 aliphatic rings. The highest BCUT2D eigenvalue weighted by molar-refractivity contribution is 5.95. The van der Waals surface area contributed by atoms with Crippen molar-refractivity contribution in [2.24, 2.45) is 5.92 Å². The Labute approximate surface area is 162 Å². The van der Waals surface area contributed by atoms with Gasteiger partial charge >= 0.3 is 0 Å². The Hall–Kier alpha value is -3.42. The first-order chi connectivity index (χ1) is 13.5. The first-order valence-corrected chi connectivity index (χ1v) is 8.96. The summed E-state index contributed by atoms with van der Waals surface area (Å²) >= 11 is 0. The number of hydrogen-bond donors (Lipinski definition) is 1. The van der Waals surface area contributed by atoms with Crippen LogP contribution in [0.5, 0.6) is 5.75 Å². The number of likely N-dealkylation sites (tertiary alicyclic amines) is 1. The van der Waals surface area contributed by atoms with E-state index in [1.165, 1.54) is 18.2 Å². The number of hydrogen-bond acceptors (Lipinski definition) is 5. The third-order valence-electron chi connectivity index (χ3n) is 4.81. The van der Waals surface area contributed by atoms with Crippen LogP contribution in [0.25, 0.3) is 0 Å². The van der Waals surface area contributed by atoms with E-state index in [1.807, 2.05) is 0 Å². The maximum Gasteiger partial charge on any atom is 0.271 e. The number of ether oxygens (including phenoxy) is 1. The molecule has 0 aliphatic carbocycles. The van der Waals surface area contributed by atoms with E-state index in [1.54, 1.807) is 42.3 Å². The molecule has 0 saturated carbocycles. The molecular formula is C20H21N3O5. The van der Waals surface area contributed by atoms with Crippen molar-refractivity contribution in [1.82, 2.24) is 4.90 Å². The van der Waals surface area contributed by atoms with Gasteiger partial charge in [0.25, 0.3) is 11.6 Å². The molecule has 0 atom stereocenters. The summed E-state index contributed by atoms with van der Waals surface area (Å²) in [7, 11) is 1.57. The Morgan fingerprint density at radius 2 is 1.82 bits per heavy atom. The fourth-order valence-corrected chi connectivity index (χ4v) is 3.20. The van der Waals surface area contributed by atoms with Crippen LogP contribution >= 0.6 is 0 Å². The summed E-state index contributed by atoms with van der Waals surface area (Å²) in [6.45, 7) is 0.968. The zero-order chi connectivity index (χ0) is 20.1. The third-order valence-corrected chi connectivity index (χ3v) is 4.81. The SMILES string of the molecule is COc1ccc(C(=O)N2CCC(C(=O)Nc3cccc([N+](=O)[O-])c3)CC2)cc1. The van der Waals surface area contributed by atoms with Crippen molar-refractivity contribution >= 4 is 23.2 Å². The lowest BCUT2D eigenvalue weighted by molar-refractivity contribution is -0.384. The Balaban J connectivity index is 1.55. The van der Waals surface area contributed by atoms with Crippen molar-refractivity contribution in [3.05, 3.63) is 64.2 Å². The molecule has 146 valence electrons. The molecule has 1 N–H and O–H groups in total. The predicted octanol–water partition coefficient (Wildman–Crippen LogP) is 3.09. The molecule has 8 nitrogen and oxygen atoms in total. The average Bonchev–Trinajstić information content (AvgIpc) is 2.73. The normalized spacial score (nSPS) is 14.4. The number of benzene rings is 2. The van der Waals surface area contributed by atoms with Crippen LogP contribution in [-0.4, -0.2) is 41.8 Å². The lowest BCUT2D eigenvalue weighted by Crippen LogP contribution is -2.41. The molecule has 3 rings (SSSR count). The number of carbonyl (C=O) groups excluding carboxylic acids is 2. The van der Waals surface area contributed by atoms with E-state index < -0.39 is 4.92 Å². The van der Waals surface area contributed by atoms with E-state index in [0.717, 1.165) is 0 Å². The highest BCUT2D eigenvalue weighted by Crippen LogP contribution is 2.23. The van der Waals surface area contributed by atoms with Gasteiger partial charge in [-0.3, -0.25) is 19.7 Å². The quantitative estimate of drug-likeness (QED) is 0.631. The molecule has 1 fully saturated rings. The largest absolute Gasteiger partial charge is 0.497 e. The van der Waals surface area contributed by atoms with Crippen molar-refractivity contribution < 1.29 is 19.2 Å². The zero-order valence-electron chi connectivity index (χ0n) is 15.5. The van der Waals surface area contributed by atoms with Crippen molar-refractivity contribution in [1.29, 1.82) is 0 Å².